The number of aromatic nitrogens is 1. The van der Waals surface area contributed by atoms with Crippen LogP contribution in [0.3, 0.4) is 0 Å². The number of hydrogen-bond donors (Lipinski definition) is 5. The van der Waals surface area contributed by atoms with Gasteiger partial charge in [-0.15, -0.1) is 0 Å². The normalized spacial score (nSPS) is 11.6. The standard InChI is InChI=1S/C22H19F2N3O5/c1-11-7-18(28)20(21(31)25-11)27-22(32)26-17(10-19(29)30)13-4-2-3-12(8-13)15-6-5-14(23)9-16(15)24/h2-9,17H,10H2,1H3,(H,29,30)(H2,25,28,31)(H2,26,27,32)/t17-/m0/s1. The number of hydrogen-bond acceptors (Lipinski definition) is 4. The fourth-order valence-electron chi connectivity index (χ4n) is 3.17. The van der Waals surface area contributed by atoms with Crippen molar-refractivity contribution in [3.05, 3.63) is 81.8 Å². The van der Waals surface area contributed by atoms with Crippen molar-refractivity contribution in [1.82, 2.24) is 10.3 Å². The number of aromatic amines is 1. The zero-order valence-electron chi connectivity index (χ0n) is 16.8. The number of carboxylic acid groups (broad SMARTS) is 1. The van der Waals surface area contributed by atoms with Gasteiger partial charge in [-0.2, -0.15) is 0 Å². The topological polar surface area (TPSA) is 132 Å². The third-order valence-corrected chi connectivity index (χ3v) is 4.60. The Balaban J connectivity index is 1.88. The molecule has 0 radical (unpaired) electrons. The zero-order chi connectivity index (χ0) is 23.4. The second kappa shape index (κ2) is 9.29. The molecule has 5 N–H and O–H groups in total. The molecule has 0 bridgehead atoms. The number of carbonyl (C=O) groups is 2. The van der Waals surface area contributed by atoms with Crippen molar-refractivity contribution in [3.63, 3.8) is 0 Å². The minimum atomic E-state index is -1.22. The second-order valence-corrected chi connectivity index (χ2v) is 7.04. The van der Waals surface area contributed by atoms with E-state index in [1.54, 1.807) is 19.1 Å². The number of carbonyl (C=O) groups excluding carboxylic acids is 1. The van der Waals surface area contributed by atoms with Gasteiger partial charge in [-0.1, -0.05) is 18.2 Å². The number of aryl methyl sites for hydroxylation is 1. The smallest absolute Gasteiger partial charge is 0.319 e. The predicted molar refractivity (Wildman–Crippen MR) is 112 cm³/mol. The van der Waals surface area contributed by atoms with Crippen LogP contribution in [0.15, 0.2) is 53.3 Å². The Kier molecular flexibility index (Phi) is 6.53. The van der Waals surface area contributed by atoms with E-state index in [2.05, 4.69) is 15.6 Å². The van der Waals surface area contributed by atoms with E-state index in [0.717, 1.165) is 12.1 Å². The summed E-state index contributed by atoms with van der Waals surface area (Å²) in [6.45, 7) is 1.55. The van der Waals surface area contributed by atoms with Crippen molar-refractivity contribution in [3.8, 4) is 16.9 Å². The lowest BCUT2D eigenvalue weighted by atomic mass is 9.97. The van der Waals surface area contributed by atoms with Gasteiger partial charge in [0.1, 0.15) is 17.4 Å². The van der Waals surface area contributed by atoms with Gasteiger partial charge in [0.15, 0.2) is 5.69 Å². The highest BCUT2D eigenvalue weighted by molar-refractivity contribution is 5.91. The number of aromatic hydroxyl groups is 1. The molecule has 0 aliphatic carbocycles. The van der Waals surface area contributed by atoms with Crippen molar-refractivity contribution < 1.29 is 28.6 Å². The van der Waals surface area contributed by atoms with Crippen LogP contribution in [0.25, 0.3) is 11.1 Å². The van der Waals surface area contributed by atoms with E-state index in [4.69, 9.17) is 0 Å². The molecule has 32 heavy (non-hydrogen) atoms. The van der Waals surface area contributed by atoms with Crippen LogP contribution in [0.4, 0.5) is 19.3 Å². The Morgan fingerprint density at radius 3 is 2.53 bits per heavy atom. The average molecular weight is 443 g/mol. The van der Waals surface area contributed by atoms with Crippen molar-refractivity contribution in [2.45, 2.75) is 19.4 Å². The van der Waals surface area contributed by atoms with Gasteiger partial charge >= 0.3 is 12.0 Å². The minimum Gasteiger partial charge on any atom is -0.505 e. The van der Waals surface area contributed by atoms with E-state index in [0.29, 0.717) is 16.8 Å². The van der Waals surface area contributed by atoms with E-state index in [-0.39, 0.29) is 5.56 Å². The summed E-state index contributed by atoms with van der Waals surface area (Å²) in [6, 6.07) is 8.44. The number of benzene rings is 2. The Hall–Kier alpha value is -4.21. The van der Waals surface area contributed by atoms with Gasteiger partial charge in [0, 0.05) is 23.4 Å². The number of halogens is 2. The number of H-pyrrole nitrogens is 1. The fourth-order valence-corrected chi connectivity index (χ4v) is 3.17. The van der Waals surface area contributed by atoms with E-state index in [1.807, 2.05) is 0 Å². The summed E-state index contributed by atoms with van der Waals surface area (Å²) in [5.74, 6) is -3.20. The summed E-state index contributed by atoms with van der Waals surface area (Å²) in [5, 5.41) is 23.8. The van der Waals surface area contributed by atoms with Gasteiger partial charge in [-0.3, -0.25) is 9.59 Å². The molecule has 0 saturated heterocycles. The number of rotatable bonds is 6. The Morgan fingerprint density at radius 1 is 1.12 bits per heavy atom. The number of anilines is 1. The van der Waals surface area contributed by atoms with Gasteiger partial charge in [-0.25, -0.2) is 13.6 Å². The van der Waals surface area contributed by atoms with Gasteiger partial charge in [-0.05, 0) is 36.2 Å². The van der Waals surface area contributed by atoms with Crippen LogP contribution in [0, 0.1) is 18.6 Å². The Bertz CT molecular complexity index is 1240. The third kappa shape index (κ3) is 5.28. The summed E-state index contributed by atoms with van der Waals surface area (Å²) in [6.07, 6.45) is -0.515. The molecule has 1 aromatic heterocycles. The SMILES string of the molecule is Cc1cc(O)c(NC(=O)N[C@@H](CC(=O)O)c2cccc(-c3ccc(F)cc3F)c2)c(=O)[nH]1. The second-order valence-electron chi connectivity index (χ2n) is 7.04. The van der Waals surface area contributed by atoms with Crippen molar-refractivity contribution in [2.75, 3.05) is 5.32 Å². The van der Waals surface area contributed by atoms with E-state index >= 15 is 0 Å². The number of urea groups is 1. The molecule has 2 aromatic carbocycles. The first kappa shape index (κ1) is 22.5. The van der Waals surface area contributed by atoms with Crippen LogP contribution in [0.5, 0.6) is 5.75 Å². The highest BCUT2D eigenvalue weighted by Crippen LogP contribution is 2.27. The molecule has 0 spiro atoms. The van der Waals surface area contributed by atoms with Crippen LogP contribution < -0.4 is 16.2 Å². The number of carboxylic acids is 1. The average Bonchev–Trinajstić information content (AvgIpc) is 2.70. The first-order valence-electron chi connectivity index (χ1n) is 9.41. The van der Waals surface area contributed by atoms with Gasteiger partial charge in [0.05, 0.1) is 12.5 Å². The molecule has 166 valence electrons. The summed E-state index contributed by atoms with van der Waals surface area (Å²) >= 11 is 0. The molecule has 8 nitrogen and oxygen atoms in total. The molecule has 0 fully saturated rings. The molecule has 0 unspecified atom stereocenters. The Morgan fingerprint density at radius 2 is 1.88 bits per heavy atom. The fraction of sp³-hybridized carbons (Fsp3) is 0.136. The van der Waals surface area contributed by atoms with Crippen LogP contribution >= 0.6 is 0 Å². The van der Waals surface area contributed by atoms with Crippen LogP contribution in [-0.2, 0) is 4.79 Å². The predicted octanol–water partition coefficient (Wildman–Crippen LogP) is 3.67. The maximum absolute atomic E-state index is 14.2. The first-order chi connectivity index (χ1) is 15.1. The van der Waals surface area contributed by atoms with Crippen molar-refractivity contribution in [1.29, 1.82) is 0 Å². The molecule has 0 saturated carbocycles. The summed E-state index contributed by atoms with van der Waals surface area (Å²) in [5.41, 5.74) is 0.0384. The van der Waals surface area contributed by atoms with Gasteiger partial charge in [0.2, 0.25) is 0 Å². The third-order valence-electron chi connectivity index (χ3n) is 4.60. The number of aliphatic carboxylic acids is 1. The largest absolute Gasteiger partial charge is 0.505 e. The summed E-state index contributed by atoms with van der Waals surface area (Å²) in [4.78, 5) is 38.2. The van der Waals surface area contributed by atoms with Gasteiger partial charge < -0.3 is 25.8 Å². The maximum atomic E-state index is 14.2. The number of pyridine rings is 1. The molecule has 3 rings (SSSR count). The summed E-state index contributed by atoms with van der Waals surface area (Å²) in [7, 11) is 0. The van der Waals surface area contributed by atoms with E-state index < -0.39 is 53.1 Å². The molecule has 1 heterocycles. The molecule has 3 aromatic rings. The molecular formula is C22H19F2N3O5. The zero-order valence-corrected chi connectivity index (χ0v) is 16.8. The lowest BCUT2D eigenvalue weighted by Gasteiger charge is -2.19. The quantitative estimate of drug-likeness (QED) is 0.397. The Labute approximate surface area is 180 Å². The monoisotopic (exact) mass is 443 g/mol. The lowest BCUT2D eigenvalue weighted by molar-refractivity contribution is -0.137. The number of amides is 2. The first-order valence-corrected chi connectivity index (χ1v) is 9.41. The highest BCUT2D eigenvalue weighted by Gasteiger charge is 2.21. The molecule has 10 heteroatoms. The molecule has 1 atom stereocenters. The van der Waals surface area contributed by atoms with Crippen LogP contribution in [-0.4, -0.2) is 27.2 Å². The van der Waals surface area contributed by atoms with Crippen molar-refractivity contribution >= 4 is 17.7 Å². The van der Waals surface area contributed by atoms with E-state index in [1.165, 1.54) is 24.3 Å². The maximum Gasteiger partial charge on any atom is 0.319 e. The van der Waals surface area contributed by atoms with Gasteiger partial charge in [0.25, 0.3) is 5.56 Å². The van der Waals surface area contributed by atoms with Crippen LogP contribution in [0.2, 0.25) is 0 Å². The number of nitrogens with one attached hydrogen (secondary N) is 3. The summed E-state index contributed by atoms with van der Waals surface area (Å²) < 4.78 is 27.4. The minimum absolute atomic E-state index is 0.0999. The van der Waals surface area contributed by atoms with Crippen molar-refractivity contribution in [2.24, 2.45) is 0 Å². The molecule has 2 amide bonds. The molecule has 0 aliphatic rings. The van der Waals surface area contributed by atoms with E-state index in [9.17, 15) is 33.4 Å². The van der Waals surface area contributed by atoms with Crippen LogP contribution in [0.1, 0.15) is 23.7 Å². The molecule has 0 aliphatic heterocycles. The molecular weight excluding hydrogens is 424 g/mol. The lowest BCUT2D eigenvalue weighted by Crippen LogP contribution is -2.35. The highest BCUT2D eigenvalue weighted by atomic mass is 19.1.